The molecule has 0 saturated carbocycles. The maximum absolute atomic E-state index is 5.65. The molecule has 14 heavy (non-hydrogen) atoms. The minimum Gasteiger partial charge on any atom is -0.381 e. The van der Waals surface area contributed by atoms with Gasteiger partial charge in [-0.25, -0.2) is 0 Å². The number of aromatic nitrogens is 2. The number of hydrogen-bond donors (Lipinski definition) is 1. The fourth-order valence-corrected chi connectivity index (χ4v) is 2.26. The molecule has 1 atom stereocenters. The van der Waals surface area contributed by atoms with Gasteiger partial charge in [0.2, 0.25) is 0 Å². The zero-order valence-electron chi connectivity index (χ0n) is 8.28. The van der Waals surface area contributed by atoms with Crippen molar-refractivity contribution in [2.24, 2.45) is 5.92 Å². The summed E-state index contributed by atoms with van der Waals surface area (Å²) in [6, 6.07) is 0. The van der Waals surface area contributed by atoms with Gasteiger partial charge >= 0.3 is 0 Å². The number of halogens is 1. The van der Waals surface area contributed by atoms with Crippen LogP contribution in [0.5, 0.6) is 0 Å². The number of hydrogen-bond acceptors (Lipinski definition) is 3. The second-order valence-corrected chi connectivity index (χ2v) is 4.86. The van der Waals surface area contributed by atoms with Crippen LogP contribution < -0.4 is 5.73 Å². The smallest absolute Gasteiger partial charge is 0.159 e. The first-order valence-electron chi connectivity index (χ1n) is 4.82. The third kappa shape index (κ3) is 2.09. The normalized spacial score (nSPS) is 23.1. The molecule has 2 heterocycles. The van der Waals surface area contributed by atoms with E-state index >= 15 is 0 Å². The van der Waals surface area contributed by atoms with Gasteiger partial charge in [0.05, 0.1) is 4.47 Å². The molecule has 1 aromatic rings. The first-order valence-corrected chi connectivity index (χ1v) is 5.61. The Balaban J connectivity index is 1.97. The minimum absolute atomic E-state index is 0.580. The Morgan fingerprint density at radius 3 is 3.00 bits per heavy atom. The second-order valence-electron chi connectivity index (χ2n) is 4.00. The Hall–Kier alpha value is -0.550. The lowest BCUT2D eigenvalue weighted by molar-refractivity contribution is 0.370. The van der Waals surface area contributed by atoms with Gasteiger partial charge in [0.1, 0.15) is 0 Å². The molecule has 1 aromatic heterocycles. The van der Waals surface area contributed by atoms with E-state index in [9.17, 15) is 0 Å². The number of rotatable bonds is 2. The van der Waals surface area contributed by atoms with Crippen molar-refractivity contribution < 1.29 is 0 Å². The van der Waals surface area contributed by atoms with Crippen LogP contribution in [0.4, 0.5) is 5.82 Å². The molecule has 1 saturated heterocycles. The molecule has 78 valence electrons. The molecule has 5 heteroatoms. The highest BCUT2D eigenvalue weighted by atomic mass is 79.9. The number of nitrogens with zero attached hydrogens (tertiary/aromatic N) is 3. The van der Waals surface area contributed by atoms with Crippen molar-refractivity contribution in [2.75, 3.05) is 25.9 Å². The maximum Gasteiger partial charge on any atom is 0.159 e. The van der Waals surface area contributed by atoms with Crippen LogP contribution >= 0.6 is 15.9 Å². The van der Waals surface area contributed by atoms with Crippen LogP contribution in [0.25, 0.3) is 0 Å². The van der Waals surface area contributed by atoms with Gasteiger partial charge in [0, 0.05) is 19.3 Å². The number of nitrogens with two attached hydrogens (primary N) is 1. The summed E-state index contributed by atoms with van der Waals surface area (Å²) in [7, 11) is 2.16. The van der Waals surface area contributed by atoms with Crippen LogP contribution in [0.1, 0.15) is 6.42 Å². The van der Waals surface area contributed by atoms with Crippen LogP contribution in [0.3, 0.4) is 0 Å². The summed E-state index contributed by atoms with van der Waals surface area (Å²) in [6.45, 7) is 3.33. The summed E-state index contributed by atoms with van der Waals surface area (Å²) in [4.78, 5) is 2.35. The van der Waals surface area contributed by atoms with Crippen LogP contribution in [0.15, 0.2) is 10.7 Å². The van der Waals surface area contributed by atoms with E-state index in [4.69, 9.17) is 5.73 Å². The highest BCUT2D eigenvalue weighted by Crippen LogP contribution is 2.20. The molecular formula is C9H15BrN4. The van der Waals surface area contributed by atoms with Crippen molar-refractivity contribution in [2.45, 2.75) is 13.0 Å². The van der Waals surface area contributed by atoms with E-state index in [1.165, 1.54) is 13.0 Å². The van der Waals surface area contributed by atoms with E-state index in [-0.39, 0.29) is 0 Å². The Morgan fingerprint density at radius 1 is 1.71 bits per heavy atom. The first-order chi connectivity index (χ1) is 6.65. The Bertz CT molecular complexity index is 303. The summed E-state index contributed by atoms with van der Waals surface area (Å²) >= 11 is 3.36. The quantitative estimate of drug-likeness (QED) is 0.867. The highest BCUT2D eigenvalue weighted by Gasteiger charge is 2.20. The molecule has 2 rings (SSSR count). The monoisotopic (exact) mass is 258 g/mol. The van der Waals surface area contributed by atoms with E-state index in [0.717, 1.165) is 17.6 Å². The van der Waals surface area contributed by atoms with Gasteiger partial charge in [0.15, 0.2) is 5.82 Å². The molecule has 0 amide bonds. The van der Waals surface area contributed by atoms with Crippen molar-refractivity contribution >= 4 is 21.7 Å². The van der Waals surface area contributed by atoms with Crippen LogP contribution in [0, 0.1) is 5.92 Å². The molecule has 1 aliphatic heterocycles. The zero-order chi connectivity index (χ0) is 10.1. The maximum atomic E-state index is 5.65. The first kappa shape index (κ1) is 9.98. The van der Waals surface area contributed by atoms with Gasteiger partial charge in [-0.1, -0.05) is 0 Å². The van der Waals surface area contributed by atoms with Crippen molar-refractivity contribution in [3.05, 3.63) is 10.7 Å². The lowest BCUT2D eigenvalue weighted by Crippen LogP contribution is -2.17. The molecule has 0 spiro atoms. The predicted molar refractivity (Wildman–Crippen MR) is 59.9 cm³/mol. The topological polar surface area (TPSA) is 47.1 Å². The van der Waals surface area contributed by atoms with Gasteiger partial charge in [-0.15, -0.1) is 0 Å². The summed E-state index contributed by atoms with van der Waals surface area (Å²) in [6.07, 6.45) is 3.21. The largest absolute Gasteiger partial charge is 0.381 e. The van der Waals surface area contributed by atoms with E-state index in [0.29, 0.717) is 11.7 Å². The Morgan fingerprint density at radius 2 is 2.50 bits per heavy atom. The molecule has 0 bridgehead atoms. The van der Waals surface area contributed by atoms with Gasteiger partial charge in [0.25, 0.3) is 0 Å². The number of likely N-dealkylation sites (tertiary alicyclic amines) is 1. The second kappa shape index (κ2) is 3.90. The Labute approximate surface area is 92.2 Å². The molecule has 4 nitrogen and oxygen atoms in total. The van der Waals surface area contributed by atoms with E-state index < -0.39 is 0 Å². The molecule has 0 aromatic carbocycles. The molecule has 2 N–H and O–H groups in total. The molecule has 1 fully saturated rings. The van der Waals surface area contributed by atoms with E-state index in [1.54, 1.807) is 0 Å². The summed E-state index contributed by atoms with van der Waals surface area (Å²) < 4.78 is 2.83. The van der Waals surface area contributed by atoms with Gasteiger partial charge in [-0.3, -0.25) is 4.68 Å². The minimum atomic E-state index is 0.580. The summed E-state index contributed by atoms with van der Waals surface area (Å²) in [5.74, 6) is 1.29. The lowest BCUT2D eigenvalue weighted by atomic mass is 10.1. The summed E-state index contributed by atoms with van der Waals surface area (Å²) in [5, 5.41) is 4.23. The lowest BCUT2D eigenvalue weighted by Gasteiger charge is -2.09. The SMILES string of the molecule is CN1CCC(Cn2cc(Br)c(N)n2)C1. The van der Waals surface area contributed by atoms with Crippen molar-refractivity contribution in [1.29, 1.82) is 0 Å². The Kier molecular flexibility index (Phi) is 2.78. The molecule has 1 unspecified atom stereocenters. The van der Waals surface area contributed by atoms with Gasteiger partial charge in [-0.05, 0) is 41.9 Å². The average Bonchev–Trinajstić information content (AvgIpc) is 2.62. The third-order valence-corrected chi connectivity index (χ3v) is 3.29. The standard InChI is InChI=1S/C9H15BrN4/c1-13-3-2-7(4-13)5-14-6-8(10)9(11)12-14/h6-7H,2-5H2,1H3,(H2,11,12). The number of anilines is 1. The van der Waals surface area contributed by atoms with Gasteiger partial charge in [-0.2, -0.15) is 5.10 Å². The zero-order valence-corrected chi connectivity index (χ0v) is 9.87. The average molecular weight is 259 g/mol. The molecule has 0 radical (unpaired) electrons. The molecule has 1 aliphatic rings. The van der Waals surface area contributed by atoms with Crippen molar-refractivity contribution in [1.82, 2.24) is 14.7 Å². The van der Waals surface area contributed by atoms with Crippen LogP contribution in [-0.2, 0) is 6.54 Å². The van der Waals surface area contributed by atoms with Gasteiger partial charge < -0.3 is 10.6 Å². The summed E-state index contributed by atoms with van der Waals surface area (Å²) in [5.41, 5.74) is 5.65. The van der Waals surface area contributed by atoms with E-state index in [2.05, 4.69) is 33.0 Å². The third-order valence-electron chi connectivity index (χ3n) is 2.68. The van der Waals surface area contributed by atoms with E-state index in [1.807, 2.05) is 10.9 Å². The molecule has 0 aliphatic carbocycles. The van der Waals surface area contributed by atoms with Crippen LogP contribution in [-0.4, -0.2) is 34.8 Å². The molecular weight excluding hydrogens is 244 g/mol. The highest BCUT2D eigenvalue weighted by molar-refractivity contribution is 9.10. The predicted octanol–water partition coefficient (Wildman–Crippen LogP) is 1.18. The number of nitrogen functional groups attached to an aromatic ring is 1. The van der Waals surface area contributed by atoms with Crippen LogP contribution in [0.2, 0.25) is 0 Å². The van der Waals surface area contributed by atoms with Crippen molar-refractivity contribution in [3.63, 3.8) is 0 Å². The van der Waals surface area contributed by atoms with Crippen molar-refractivity contribution in [3.8, 4) is 0 Å². The fourth-order valence-electron chi connectivity index (χ4n) is 1.95. The fraction of sp³-hybridized carbons (Fsp3) is 0.667.